The van der Waals surface area contributed by atoms with E-state index in [1.54, 1.807) is 6.20 Å². The summed E-state index contributed by atoms with van der Waals surface area (Å²) in [5.74, 6) is 0.596. The Morgan fingerprint density at radius 3 is 2.50 bits per heavy atom. The van der Waals surface area contributed by atoms with Gasteiger partial charge in [-0.1, -0.05) is 6.07 Å². The van der Waals surface area contributed by atoms with E-state index in [0.717, 1.165) is 11.4 Å². The van der Waals surface area contributed by atoms with E-state index in [0.29, 0.717) is 24.5 Å². The molecule has 2 rings (SSSR count). The monoisotopic (exact) mass is 328 g/mol. The van der Waals surface area contributed by atoms with Gasteiger partial charge in [-0.05, 0) is 18.2 Å². The first kappa shape index (κ1) is 17.5. The van der Waals surface area contributed by atoms with Crippen molar-refractivity contribution in [3.05, 3.63) is 42.1 Å². The highest BCUT2D eigenvalue weighted by Gasteiger charge is 2.06. The minimum absolute atomic E-state index is 0.0892. The van der Waals surface area contributed by atoms with Crippen molar-refractivity contribution in [2.75, 3.05) is 56.4 Å². The lowest BCUT2D eigenvalue weighted by atomic mass is 10.2. The van der Waals surface area contributed by atoms with Gasteiger partial charge in [0.05, 0.1) is 11.9 Å². The van der Waals surface area contributed by atoms with Gasteiger partial charge >= 0.3 is 0 Å². The molecule has 1 aromatic carbocycles. The Morgan fingerprint density at radius 1 is 1.04 bits per heavy atom. The van der Waals surface area contributed by atoms with Gasteiger partial charge in [-0.15, -0.1) is 5.10 Å². The Balaban J connectivity index is 1.83. The van der Waals surface area contributed by atoms with E-state index in [9.17, 15) is 4.79 Å². The minimum atomic E-state index is -0.0892. The first-order valence-electron chi connectivity index (χ1n) is 7.77. The average Bonchev–Trinajstić information content (AvgIpc) is 2.58. The zero-order valence-corrected chi connectivity index (χ0v) is 14.6. The number of aromatic nitrogens is 2. The molecule has 0 fully saturated rings. The molecule has 0 saturated carbocycles. The van der Waals surface area contributed by atoms with Crippen LogP contribution < -0.4 is 20.4 Å². The average molecular weight is 328 g/mol. The molecular weight excluding hydrogens is 304 g/mol. The molecular formula is C17H24N6O. The molecule has 24 heavy (non-hydrogen) atoms. The highest BCUT2D eigenvalue weighted by Crippen LogP contribution is 2.13. The summed E-state index contributed by atoms with van der Waals surface area (Å²) >= 11 is 0. The highest BCUT2D eigenvalue weighted by atomic mass is 16.1. The molecule has 1 amide bonds. The zero-order valence-electron chi connectivity index (χ0n) is 14.6. The van der Waals surface area contributed by atoms with Crippen molar-refractivity contribution in [2.45, 2.75) is 0 Å². The van der Waals surface area contributed by atoms with E-state index in [2.05, 4.69) is 20.8 Å². The number of hydrogen-bond donors (Lipinski definition) is 2. The van der Waals surface area contributed by atoms with Crippen LogP contribution in [-0.2, 0) is 0 Å². The van der Waals surface area contributed by atoms with Crippen LogP contribution in [0.1, 0.15) is 10.4 Å². The number of nitrogens with zero attached hydrogens (tertiary/aromatic N) is 4. The van der Waals surface area contributed by atoms with Crippen molar-refractivity contribution in [3.8, 4) is 0 Å². The smallest absolute Gasteiger partial charge is 0.251 e. The molecule has 7 heteroatoms. The fourth-order valence-corrected chi connectivity index (χ4v) is 2.08. The largest absolute Gasteiger partial charge is 0.378 e. The summed E-state index contributed by atoms with van der Waals surface area (Å²) in [7, 11) is 7.79. The van der Waals surface area contributed by atoms with Crippen LogP contribution in [0, 0.1) is 0 Å². The van der Waals surface area contributed by atoms with Gasteiger partial charge in [-0.3, -0.25) is 4.79 Å². The molecule has 0 atom stereocenters. The minimum Gasteiger partial charge on any atom is -0.378 e. The van der Waals surface area contributed by atoms with Crippen molar-refractivity contribution in [1.29, 1.82) is 0 Å². The van der Waals surface area contributed by atoms with E-state index >= 15 is 0 Å². The summed E-state index contributed by atoms with van der Waals surface area (Å²) in [6, 6.07) is 9.44. The molecule has 2 aromatic rings. The van der Waals surface area contributed by atoms with Crippen LogP contribution in [0.25, 0.3) is 0 Å². The second kappa shape index (κ2) is 8.14. The fourth-order valence-electron chi connectivity index (χ4n) is 2.08. The standard InChI is InChI=1S/C17H24N6O/c1-22(2)14-7-5-6-13(10-14)17(24)19-9-8-18-16-11-15(23(3)4)12-20-21-16/h5-7,10-12H,8-9H2,1-4H3,(H,18,21)(H,19,24). The van der Waals surface area contributed by atoms with Crippen molar-refractivity contribution < 1.29 is 4.79 Å². The second-order valence-corrected chi connectivity index (χ2v) is 5.82. The number of carbonyl (C=O) groups is 1. The number of nitrogens with one attached hydrogen (secondary N) is 2. The molecule has 0 unspecified atom stereocenters. The van der Waals surface area contributed by atoms with Crippen LogP contribution >= 0.6 is 0 Å². The van der Waals surface area contributed by atoms with Gasteiger partial charge in [-0.2, -0.15) is 5.10 Å². The number of hydrogen-bond acceptors (Lipinski definition) is 6. The van der Waals surface area contributed by atoms with Gasteiger partial charge < -0.3 is 20.4 Å². The maximum Gasteiger partial charge on any atom is 0.251 e. The van der Waals surface area contributed by atoms with Crippen LogP contribution in [0.15, 0.2) is 36.5 Å². The molecule has 0 spiro atoms. The molecule has 2 N–H and O–H groups in total. The van der Waals surface area contributed by atoms with Crippen molar-refractivity contribution in [2.24, 2.45) is 0 Å². The number of amides is 1. The summed E-state index contributed by atoms with van der Waals surface area (Å²) in [6.45, 7) is 1.07. The van der Waals surface area contributed by atoms with E-state index in [-0.39, 0.29) is 5.91 Å². The Morgan fingerprint density at radius 2 is 1.79 bits per heavy atom. The molecule has 7 nitrogen and oxygen atoms in total. The summed E-state index contributed by atoms with van der Waals surface area (Å²) < 4.78 is 0. The lowest BCUT2D eigenvalue weighted by Gasteiger charge is -2.14. The Hall–Kier alpha value is -2.83. The molecule has 0 saturated heterocycles. The van der Waals surface area contributed by atoms with Crippen LogP contribution in [0.2, 0.25) is 0 Å². The van der Waals surface area contributed by atoms with Gasteiger partial charge in [0.1, 0.15) is 0 Å². The molecule has 0 aliphatic rings. The van der Waals surface area contributed by atoms with Crippen molar-refractivity contribution in [1.82, 2.24) is 15.5 Å². The van der Waals surface area contributed by atoms with Crippen LogP contribution in [-0.4, -0.2) is 57.4 Å². The number of rotatable bonds is 7. The fraction of sp³-hybridized carbons (Fsp3) is 0.353. The van der Waals surface area contributed by atoms with Gasteiger partial charge in [0.2, 0.25) is 0 Å². The number of carbonyl (C=O) groups excluding carboxylic acids is 1. The van der Waals surface area contributed by atoms with E-state index < -0.39 is 0 Å². The quantitative estimate of drug-likeness (QED) is 0.750. The Bertz CT molecular complexity index is 686. The van der Waals surface area contributed by atoms with E-state index in [1.807, 2.05) is 68.3 Å². The predicted octanol–water partition coefficient (Wildman–Crippen LogP) is 1.45. The highest BCUT2D eigenvalue weighted by molar-refractivity contribution is 5.95. The maximum absolute atomic E-state index is 12.2. The normalized spacial score (nSPS) is 10.2. The Labute approximate surface area is 142 Å². The third kappa shape index (κ3) is 4.84. The van der Waals surface area contributed by atoms with Gasteiger partial charge in [0.25, 0.3) is 5.91 Å². The SMILES string of the molecule is CN(C)c1cccc(C(=O)NCCNc2cc(N(C)C)cnn2)c1. The summed E-state index contributed by atoms with van der Waals surface area (Å²) in [6.07, 6.45) is 1.70. The lowest BCUT2D eigenvalue weighted by molar-refractivity contribution is 0.0955. The topological polar surface area (TPSA) is 73.4 Å². The zero-order chi connectivity index (χ0) is 17.5. The van der Waals surface area contributed by atoms with Gasteiger partial charge in [0.15, 0.2) is 5.82 Å². The van der Waals surface area contributed by atoms with E-state index in [4.69, 9.17) is 0 Å². The van der Waals surface area contributed by atoms with Gasteiger partial charge in [0, 0.05) is 58.6 Å². The summed E-state index contributed by atoms with van der Waals surface area (Å²) in [5, 5.41) is 14.0. The number of benzene rings is 1. The van der Waals surface area contributed by atoms with Crippen molar-refractivity contribution >= 4 is 23.1 Å². The summed E-state index contributed by atoms with van der Waals surface area (Å²) in [4.78, 5) is 16.1. The summed E-state index contributed by atoms with van der Waals surface area (Å²) in [5.41, 5.74) is 2.61. The third-order valence-electron chi connectivity index (χ3n) is 3.50. The van der Waals surface area contributed by atoms with Gasteiger partial charge in [-0.25, -0.2) is 0 Å². The molecule has 0 bridgehead atoms. The molecule has 1 heterocycles. The second-order valence-electron chi connectivity index (χ2n) is 5.82. The first-order chi connectivity index (χ1) is 11.5. The Kier molecular flexibility index (Phi) is 5.95. The van der Waals surface area contributed by atoms with Crippen LogP contribution in [0.5, 0.6) is 0 Å². The van der Waals surface area contributed by atoms with Crippen LogP contribution in [0.4, 0.5) is 17.2 Å². The third-order valence-corrected chi connectivity index (χ3v) is 3.50. The molecule has 0 aliphatic heterocycles. The molecule has 0 aliphatic carbocycles. The first-order valence-corrected chi connectivity index (χ1v) is 7.77. The number of anilines is 3. The van der Waals surface area contributed by atoms with Crippen LogP contribution in [0.3, 0.4) is 0 Å². The lowest BCUT2D eigenvalue weighted by Crippen LogP contribution is -2.29. The molecule has 0 radical (unpaired) electrons. The molecule has 128 valence electrons. The maximum atomic E-state index is 12.2. The van der Waals surface area contributed by atoms with E-state index in [1.165, 1.54) is 0 Å². The van der Waals surface area contributed by atoms with Crippen molar-refractivity contribution in [3.63, 3.8) is 0 Å². The molecule has 1 aromatic heterocycles. The predicted molar refractivity (Wildman–Crippen MR) is 98.0 cm³/mol.